The van der Waals surface area contributed by atoms with Crippen LogP contribution in [0.5, 0.6) is 0 Å². The van der Waals surface area contributed by atoms with Gasteiger partial charge in [-0.3, -0.25) is 19.9 Å². The summed E-state index contributed by atoms with van der Waals surface area (Å²) in [5.74, 6) is 0. The lowest BCUT2D eigenvalue weighted by molar-refractivity contribution is 1.24. The van der Waals surface area contributed by atoms with Crippen molar-refractivity contribution in [2.45, 2.75) is 26.9 Å². The smallest absolute Gasteiger partial charge is 0.114 e. The molecule has 0 fully saturated rings. The van der Waals surface area contributed by atoms with Crippen molar-refractivity contribution >= 4 is 18.5 Å². The lowest BCUT2D eigenvalue weighted by Gasteiger charge is -2.26. The third kappa shape index (κ3) is 3.74. The van der Waals surface area contributed by atoms with Gasteiger partial charge in [-0.1, -0.05) is 37.4 Å². The minimum absolute atomic E-state index is 0.895. The maximum atomic E-state index is 4.75. The zero-order valence-corrected chi connectivity index (χ0v) is 20.4. The highest BCUT2D eigenvalue weighted by Crippen LogP contribution is 2.48. The van der Waals surface area contributed by atoms with E-state index in [1.165, 1.54) is 32.7 Å². The van der Waals surface area contributed by atoms with E-state index in [9.17, 15) is 0 Å². The molecule has 0 bridgehead atoms. The Labute approximate surface area is 195 Å². The molecule has 0 unspecified atom stereocenters. The van der Waals surface area contributed by atoms with Crippen molar-refractivity contribution in [2.24, 2.45) is 0 Å². The normalized spacial score (nSPS) is 15.3. The van der Waals surface area contributed by atoms with Crippen molar-refractivity contribution in [1.29, 1.82) is 0 Å². The Balaban J connectivity index is 1.48. The Morgan fingerprint density at radius 1 is 0.515 bits per heavy atom. The van der Waals surface area contributed by atoms with E-state index in [-0.39, 0.29) is 0 Å². The van der Waals surface area contributed by atoms with Crippen LogP contribution in [0.15, 0.2) is 96.6 Å². The third-order valence-electron chi connectivity index (χ3n) is 6.52. The van der Waals surface area contributed by atoms with Crippen LogP contribution < -0.4 is 0 Å². The quantitative estimate of drug-likeness (QED) is 0.329. The molecule has 1 aliphatic rings. The van der Waals surface area contributed by atoms with E-state index in [2.05, 4.69) is 61.2 Å². The summed E-state index contributed by atoms with van der Waals surface area (Å²) in [4.78, 5) is 18.4. The Kier molecular flexibility index (Phi) is 5.34. The molecule has 0 N–H and O–H groups in total. The highest BCUT2D eigenvalue weighted by Gasteiger charge is 2.40. The van der Waals surface area contributed by atoms with Gasteiger partial charge in [0.25, 0.3) is 0 Å². The van der Waals surface area contributed by atoms with Gasteiger partial charge in [0.05, 0.1) is 22.8 Å². The molecule has 0 amide bonds. The van der Waals surface area contributed by atoms with Crippen molar-refractivity contribution in [2.75, 3.05) is 0 Å². The van der Waals surface area contributed by atoms with E-state index in [0.29, 0.717) is 0 Å². The molecule has 5 heterocycles. The van der Waals surface area contributed by atoms with Gasteiger partial charge in [-0.25, -0.2) is 0 Å². The molecule has 4 nitrogen and oxygen atoms in total. The molecule has 0 saturated heterocycles. The van der Waals surface area contributed by atoms with Crippen molar-refractivity contribution in [1.82, 2.24) is 19.9 Å². The van der Waals surface area contributed by atoms with E-state index in [1.54, 1.807) is 12.4 Å². The van der Waals surface area contributed by atoms with E-state index in [1.807, 2.05) is 48.8 Å². The van der Waals surface area contributed by atoms with Gasteiger partial charge in [0.15, 0.2) is 0 Å². The van der Waals surface area contributed by atoms with Crippen LogP contribution in [0, 0.1) is 0 Å². The van der Waals surface area contributed by atoms with Crippen LogP contribution >= 0.6 is 0 Å². The van der Waals surface area contributed by atoms with E-state index in [0.717, 1.165) is 22.8 Å². The molecular formula is C28H26N4Si. The SMILES string of the molecule is CC1=C(c2ccc(-c3ccccn3)nc2)[Si](C)(C)C(c2ccc(-c3ccccn3)nc2)=C1C. The lowest BCUT2D eigenvalue weighted by atomic mass is 10.0. The summed E-state index contributed by atoms with van der Waals surface area (Å²) in [7, 11) is -1.95. The van der Waals surface area contributed by atoms with Gasteiger partial charge in [0.2, 0.25) is 0 Å². The molecular weight excluding hydrogens is 420 g/mol. The van der Waals surface area contributed by atoms with Gasteiger partial charge >= 0.3 is 0 Å². The van der Waals surface area contributed by atoms with E-state index < -0.39 is 8.07 Å². The zero-order valence-electron chi connectivity index (χ0n) is 19.4. The Morgan fingerprint density at radius 3 is 1.27 bits per heavy atom. The van der Waals surface area contributed by atoms with Crippen molar-refractivity contribution in [3.63, 3.8) is 0 Å². The summed E-state index contributed by atoms with van der Waals surface area (Å²) in [5.41, 5.74) is 8.72. The van der Waals surface area contributed by atoms with Crippen LogP contribution in [0.25, 0.3) is 33.2 Å². The molecule has 0 saturated carbocycles. The number of aromatic nitrogens is 4. The lowest BCUT2D eigenvalue weighted by Crippen LogP contribution is -2.28. The van der Waals surface area contributed by atoms with Crippen molar-refractivity contribution < 1.29 is 0 Å². The first-order valence-electron chi connectivity index (χ1n) is 11.2. The molecule has 0 atom stereocenters. The second-order valence-corrected chi connectivity index (χ2v) is 13.2. The Morgan fingerprint density at radius 2 is 0.939 bits per heavy atom. The minimum Gasteiger partial charge on any atom is -0.255 e. The molecule has 0 radical (unpaired) electrons. The summed E-state index contributed by atoms with van der Waals surface area (Å²) < 4.78 is 0. The van der Waals surface area contributed by atoms with Crippen LogP contribution in [0.3, 0.4) is 0 Å². The fraction of sp³-hybridized carbons (Fsp3) is 0.143. The molecule has 4 aromatic rings. The first-order valence-corrected chi connectivity index (χ1v) is 14.2. The Hall–Kier alpha value is -3.70. The van der Waals surface area contributed by atoms with Crippen molar-refractivity contribution in [3.05, 3.63) is 108 Å². The van der Waals surface area contributed by atoms with Gasteiger partial charge in [0, 0.05) is 24.8 Å². The number of hydrogen-bond acceptors (Lipinski definition) is 4. The molecule has 162 valence electrons. The molecule has 0 aliphatic carbocycles. The standard InChI is InChI=1S/C28H26N4Si/c1-19-20(2)28(22-12-14-26(32-18-22)24-10-6-8-16-30-24)33(3,4)27(19)21-11-13-25(31-17-21)23-9-5-7-15-29-23/h5-18H,1-4H3. The molecule has 5 heteroatoms. The fourth-order valence-electron chi connectivity index (χ4n) is 5.01. The van der Waals surface area contributed by atoms with E-state index >= 15 is 0 Å². The molecule has 5 rings (SSSR count). The number of nitrogens with zero attached hydrogens (tertiary/aromatic N) is 4. The topological polar surface area (TPSA) is 51.6 Å². The Bertz CT molecular complexity index is 1250. The second kappa shape index (κ2) is 8.33. The molecule has 0 spiro atoms. The third-order valence-corrected chi connectivity index (χ3v) is 10.3. The highest BCUT2D eigenvalue weighted by atomic mass is 28.3. The first-order chi connectivity index (χ1) is 16.0. The molecule has 1 aliphatic heterocycles. The van der Waals surface area contributed by atoms with Gasteiger partial charge in [-0.15, -0.1) is 0 Å². The van der Waals surface area contributed by atoms with E-state index in [4.69, 9.17) is 9.97 Å². The van der Waals surface area contributed by atoms with Gasteiger partial charge < -0.3 is 0 Å². The predicted molar refractivity (Wildman–Crippen MR) is 138 cm³/mol. The number of allylic oxidation sites excluding steroid dienone is 2. The summed E-state index contributed by atoms with van der Waals surface area (Å²) in [6, 6.07) is 20.4. The zero-order chi connectivity index (χ0) is 23.0. The summed E-state index contributed by atoms with van der Waals surface area (Å²) >= 11 is 0. The maximum absolute atomic E-state index is 4.75. The second-order valence-electron chi connectivity index (χ2n) is 8.92. The largest absolute Gasteiger partial charge is 0.255 e. The summed E-state index contributed by atoms with van der Waals surface area (Å²) in [5, 5.41) is 2.90. The predicted octanol–water partition coefficient (Wildman–Crippen LogP) is 6.65. The first kappa shape index (κ1) is 21.2. The minimum atomic E-state index is -1.95. The van der Waals surface area contributed by atoms with Gasteiger partial charge in [-0.2, -0.15) is 0 Å². The maximum Gasteiger partial charge on any atom is 0.114 e. The summed E-state index contributed by atoms with van der Waals surface area (Å²) in [6.07, 6.45) is 7.63. The summed E-state index contributed by atoms with van der Waals surface area (Å²) in [6.45, 7) is 9.34. The van der Waals surface area contributed by atoms with Crippen LogP contribution in [-0.4, -0.2) is 28.0 Å². The number of pyridine rings is 4. The molecule has 33 heavy (non-hydrogen) atoms. The molecule has 4 aromatic heterocycles. The average molecular weight is 447 g/mol. The van der Waals surface area contributed by atoms with Crippen LogP contribution in [0.2, 0.25) is 13.1 Å². The number of rotatable bonds is 4. The highest BCUT2D eigenvalue weighted by molar-refractivity contribution is 7.10. The van der Waals surface area contributed by atoms with Gasteiger partial charge in [-0.05, 0) is 82.9 Å². The monoisotopic (exact) mass is 446 g/mol. The average Bonchev–Trinajstić information content (AvgIpc) is 3.03. The van der Waals surface area contributed by atoms with Crippen LogP contribution in [0.4, 0.5) is 0 Å². The van der Waals surface area contributed by atoms with Crippen molar-refractivity contribution in [3.8, 4) is 22.8 Å². The number of hydrogen-bond donors (Lipinski definition) is 0. The fourth-order valence-corrected chi connectivity index (χ4v) is 9.25. The van der Waals surface area contributed by atoms with Gasteiger partial charge in [0.1, 0.15) is 8.07 Å². The van der Waals surface area contributed by atoms with Crippen LogP contribution in [-0.2, 0) is 0 Å². The van der Waals surface area contributed by atoms with Crippen LogP contribution in [0.1, 0.15) is 25.0 Å². The molecule has 0 aromatic carbocycles.